The van der Waals surface area contributed by atoms with Crippen LogP contribution in [0.2, 0.25) is 0 Å². The molecule has 3 aromatic heterocycles. The summed E-state index contributed by atoms with van der Waals surface area (Å²) < 4.78 is 4.42. The molecule has 0 saturated carbocycles. The van der Waals surface area contributed by atoms with E-state index in [4.69, 9.17) is 9.97 Å². The Bertz CT molecular complexity index is 2550. The van der Waals surface area contributed by atoms with E-state index in [1.54, 1.807) is 0 Å². The summed E-state index contributed by atoms with van der Waals surface area (Å²) in [4.78, 5) is 12.1. The van der Waals surface area contributed by atoms with Gasteiger partial charge in [-0.2, -0.15) is 0 Å². The topological polar surface area (TPSA) is 38.9 Å². The summed E-state index contributed by atoms with van der Waals surface area (Å²) in [5.41, 5.74) is 10.6. The van der Waals surface area contributed by atoms with Gasteiger partial charge in [0.15, 0.2) is 0 Å². The van der Waals surface area contributed by atoms with Crippen LogP contribution in [0.5, 0.6) is 0 Å². The minimum atomic E-state index is 0.891. The highest BCUT2D eigenvalue weighted by molar-refractivity contribution is 6.10. The summed E-state index contributed by atoms with van der Waals surface area (Å²) >= 11 is 0. The second kappa shape index (κ2) is 12.1. The van der Waals surface area contributed by atoms with Crippen molar-refractivity contribution in [2.45, 2.75) is 0 Å². The zero-order valence-corrected chi connectivity index (χ0v) is 26.6. The summed E-state index contributed by atoms with van der Waals surface area (Å²) in [6.45, 7) is 0. The lowest BCUT2D eigenvalue weighted by Gasteiger charge is -2.26. The van der Waals surface area contributed by atoms with Crippen molar-refractivity contribution in [1.82, 2.24) is 19.1 Å². The van der Waals surface area contributed by atoms with E-state index in [1.807, 2.05) is 36.8 Å². The summed E-state index contributed by atoms with van der Waals surface area (Å²) in [6.07, 6.45) is 5.88. The van der Waals surface area contributed by atoms with Crippen LogP contribution in [-0.2, 0) is 0 Å². The lowest BCUT2D eigenvalue weighted by molar-refractivity contribution is 1.07. The van der Waals surface area contributed by atoms with Gasteiger partial charge in [0.2, 0.25) is 0 Å². The minimum absolute atomic E-state index is 0.891. The molecule has 0 N–H and O–H groups in total. The average Bonchev–Trinajstić information content (AvgIpc) is 3.80. The Hall–Kier alpha value is -6.72. The van der Waals surface area contributed by atoms with Crippen molar-refractivity contribution in [2.24, 2.45) is 0 Å². The lowest BCUT2D eigenvalue weighted by atomic mass is 10.1. The third kappa shape index (κ3) is 5.14. The predicted molar refractivity (Wildman–Crippen MR) is 201 cm³/mol. The number of fused-ring (bicyclic) bond motifs is 3. The van der Waals surface area contributed by atoms with Gasteiger partial charge in [0.25, 0.3) is 0 Å². The second-order valence-corrected chi connectivity index (χ2v) is 12.0. The van der Waals surface area contributed by atoms with Crippen LogP contribution in [0, 0.1) is 0 Å². The Morgan fingerprint density at radius 1 is 0.449 bits per heavy atom. The van der Waals surface area contributed by atoms with Crippen molar-refractivity contribution in [3.05, 3.63) is 188 Å². The van der Waals surface area contributed by atoms with Gasteiger partial charge in [-0.15, -0.1) is 0 Å². The van der Waals surface area contributed by atoms with Crippen molar-refractivity contribution >= 4 is 38.9 Å². The largest absolute Gasteiger partial charge is 0.310 e. The van der Waals surface area contributed by atoms with Crippen molar-refractivity contribution < 1.29 is 0 Å². The van der Waals surface area contributed by atoms with E-state index < -0.39 is 0 Å². The molecule has 0 unspecified atom stereocenters. The Balaban J connectivity index is 1.16. The third-order valence-corrected chi connectivity index (χ3v) is 9.03. The summed E-state index contributed by atoms with van der Waals surface area (Å²) in [7, 11) is 0. The molecule has 0 aliphatic carbocycles. The highest BCUT2D eigenvalue weighted by Gasteiger charge is 2.18. The molecule has 0 aliphatic heterocycles. The van der Waals surface area contributed by atoms with E-state index in [-0.39, 0.29) is 0 Å². The molecule has 0 saturated heterocycles. The SMILES string of the molecule is c1ccc(N(c2cccc(-c3cc4c5ccccc5n(-c5ccccc5)c4cn3)c2)c2cccc(-c3nccn3-c3ccccc3)c2)cc1. The number of para-hydroxylation sites is 4. The number of imidazole rings is 1. The molecule has 5 nitrogen and oxygen atoms in total. The van der Waals surface area contributed by atoms with Crippen LogP contribution in [0.4, 0.5) is 17.1 Å². The molecule has 0 fully saturated rings. The molecule has 3 heterocycles. The highest BCUT2D eigenvalue weighted by atomic mass is 15.1. The molecule has 0 atom stereocenters. The van der Waals surface area contributed by atoms with Crippen LogP contribution in [0.3, 0.4) is 0 Å². The third-order valence-electron chi connectivity index (χ3n) is 9.03. The number of rotatable bonds is 7. The molecule has 6 aromatic carbocycles. The van der Waals surface area contributed by atoms with Crippen LogP contribution in [0.1, 0.15) is 0 Å². The zero-order valence-electron chi connectivity index (χ0n) is 26.6. The Morgan fingerprint density at radius 2 is 1.06 bits per heavy atom. The zero-order chi connectivity index (χ0) is 32.6. The number of anilines is 3. The monoisotopic (exact) mass is 629 g/mol. The number of benzene rings is 6. The van der Waals surface area contributed by atoms with Crippen LogP contribution in [0.25, 0.3) is 55.8 Å². The molecule has 9 aromatic rings. The molecule has 0 radical (unpaired) electrons. The fourth-order valence-corrected chi connectivity index (χ4v) is 6.81. The average molecular weight is 630 g/mol. The van der Waals surface area contributed by atoms with Gasteiger partial charge >= 0.3 is 0 Å². The maximum Gasteiger partial charge on any atom is 0.144 e. The van der Waals surface area contributed by atoms with E-state index in [9.17, 15) is 0 Å². The first-order valence-corrected chi connectivity index (χ1v) is 16.4. The minimum Gasteiger partial charge on any atom is -0.310 e. The smallest absolute Gasteiger partial charge is 0.144 e. The molecule has 49 heavy (non-hydrogen) atoms. The van der Waals surface area contributed by atoms with Gasteiger partial charge < -0.3 is 9.47 Å². The van der Waals surface area contributed by atoms with E-state index in [0.717, 1.165) is 56.6 Å². The maximum absolute atomic E-state index is 5.04. The van der Waals surface area contributed by atoms with Crippen LogP contribution < -0.4 is 4.90 Å². The quantitative estimate of drug-likeness (QED) is 0.176. The van der Waals surface area contributed by atoms with Crippen molar-refractivity contribution in [3.63, 3.8) is 0 Å². The van der Waals surface area contributed by atoms with Gasteiger partial charge in [-0.05, 0) is 72.8 Å². The van der Waals surface area contributed by atoms with Crippen LogP contribution in [-0.4, -0.2) is 19.1 Å². The van der Waals surface area contributed by atoms with Gasteiger partial charge in [-0.1, -0.05) is 97.1 Å². The van der Waals surface area contributed by atoms with E-state index in [2.05, 4.69) is 166 Å². The Kier molecular flexibility index (Phi) is 7.06. The van der Waals surface area contributed by atoms with Gasteiger partial charge in [0, 0.05) is 62.7 Å². The molecular formula is C44H31N5. The molecule has 9 rings (SSSR count). The first-order valence-electron chi connectivity index (χ1n) is 16.4. The fraction of sp³-hybridized carbons (Fsp3) is 0. The molecule has 0 amide bonds. The predicted octanol–water partition coefficient (Wildman–Crippen LogP) is 11.2. The standard InChI is InChI=1S/C44H31N5/c1-4-16-34(17-5-1)47-27-26-45-44(47)33-15-13-23-38(29-33)48(35-18-6-2-7-19-35)37-22-12-14-32(28-37)41-30-40-39-24-10-11-25-42(39)49(43(40)31-46-41)36-20-8-3-9-21-36/h1-31H. The molecular weight excluding hydrogens is 599 g/mol. The normalized spacial score (nSPS) is 11.3. The molecule has 0 aliphatic rings. The first kappa shape index (κ1) is 28.5. The second-order valence-electron chi connectivity index (χ2n) is 12.0. The van der Waals surface area contributed by atoms with Gasteiger partial charge in [-0.25, -0.2) is 4.98 Å². The molecule has 232 valence electrons. The van der Waals surface area contributed by atoms with E-state index in [0.29, 0.717) is 0 Å². The Morgan fingerprint density at radius 3 is 1.82 bits per heavy atom. The van der Waals surface area contributed by atoms with Crippen molar-refractivity contribution in [3.8, 4) is 34.0 Å². The Labute approximate surface area is 284 Å². The molecule has 0 bridgehead atoms. The van der Waals surface area contributed by atoms with Crippen molar-refractivity contribution in [1.29, 1.82) is 0 Å². The van der Waals surface area contributed by atoms with Gasteiger partial charge in [0.05, 0.1) is 22.9 Å². The molecule has 0 spiro atoms. The number of pyridine rings is 1. The van der Waals surface area contributed by atoms with E-state index >= 15 is 0 Å². The highest BCUT2D eigenvalue weighted by Crippen LogP contribution is 2.39. The maximum atomic E-state index is 5.04. The number of hydrogen-bond acceptors (Lipinski definition) is 3. The van der Waals surface area contributed by atoms with Gasteiger partial charge in [0.1, 0.15) is 5.82 Å². The van der Waals surface area contributed by atoms with Crippen molar-refractivity contribution in [2.75, 3.05) is 4.90 Å². The van der Waals surface area contributed by atoms with Crippen LogP contribution >= 0.6 is 0 Å². The first-order chi connectivity index (χ1) is 24.3. The van der Waals surface area contributed by atoms with E-state index in [1.165, 1.54) is 16.3 Å². The number of nitrogens with zero attached hydrogens (tertiary/aromatic N) is 5. The van der Waals surface area contributed by atoms with Gasteiger partial charge in [-0.3, -0.25) is 9.55 Å². The molecule has 5 heteroatoms. The summed E-state index contributed by atoms with van der Waals surface area (Å²) in [5.74, 6) is 0.891. The number of hydrogen-bond donors (Lipinski definition) is 0. The number of aromatic nitrogens is 4. The van der Waals surface area contributed by atoms with Crippen LogP contribution in [0.15, 0.2) is 188 Å². The fourth-order valence-electron chi connectivity index (χ4n) is 6.81. The summed E-state index contributed by atoms with van der Waals surface area (Å²) in [6, 6.07) is 59.4. The lowest BCUT2D eigenvalue weighted by Crippen LogP contribution is -2.10. The summed E-state index contributed by atoms with van der Waals surface area (Å²) in [5, 5.41) is 2.38.